The van der Waals surface area contributed by atoms with Crippen LogP contribution in [0.1, 0.15) is 13.8 Å². The lowest BCUT2D eigenvalue weighted by atomic mass is 10.1. The van der Waals surface area contributed by atoms with Crippen molar-refractivity contribution in [3.05, 3.63) is 24.5 Å². The molecule has 1 heterocycles. The summed E-state index contributed by atoms with van der Waals surface area (Å²) >= 11 is 0. The van der Waals surface area contributed by atoms with Crippen molar-refractivity contribution >= 4 is 11.6 Å². The summed E-state index contributed by atoms with van der Waals surface area (Å²) in [5, 5.41) is 9.51. The molecule has 4 heteroatoms. The molecule has 1 amide bonds. The molecule has 1 aromatic heterocycles. The zero-order valence-electron chi connectivity index (χ0n) is 8.56. The molecule has 0 saturated heterocycles. The van der Waals surface area contributed by atoms with E-state index in [0.717, 1.165) is 0 Å². The zero-order chi connectivity index (χ0) is 10.8. The number of likely N-dealkylation sites (N-methyl/N-ethyl adjacent to an activating group) is 1. The Morgan fingerprint density at radius 2 is 2.21 bits per heavy atom. The van der Waals surface area contributed by atoms with Crippen molar-refractivity contribution in [3.63, 3.8) is 0 Å². The molecule has 0 atom stereocenters. The standard InChI is InChI=1S/C10H14N2O2/c1-10(2,14)9(13)12(3)8-5-4-6-11-7-8/h4-7,14H,1-3H3. The number of carbonyl (C=O) groups excluding carboxylic acids is 1. The molecule has 0 aliphatic rings. The van der Waals surface area contributed by atoms with Gasteiger partial charge < -0.3 is 10.0 Å². The van der Waals surface area contributed by atoms with E-state index in [9.17, 15) is 9.90 Å². The van der Waals surface area contributed by atoms with Crippen LogP contribution in [0.15, 0.2) is 24.5 Å². The van der Waals surface area contributed by atoms with Gasteiger partial charge in [0.2, 0.25) is 0 Å². The maximum Gasteiger partial charge on any atom is 0.258 e. The molecule has 1 aromatic rings. The van der Waals surface area contributed by atoms with Crippen LogP contribution in [-0.4, -0.2) is 28.6 Å². The van der Waals surface area contributed by atoms with Crippen molar-refractivity contribution < 1.29 is 9.90 Å². The van der Waals surface area contributed by atoms with Crippen LogP contribution in [-0.2, 0) is 4.79 Å². The van der Waals surface area contributed by atoms with E-state index < -0.39 is 5.60 Å². The normalized spacial score (nSPS) is 11.1. The number of pyridine rings is 1. The van der Waals surface area contributed by atoms with E-state index in [0.29, 0.717) is 5.69 Å². The molecule has 0 radical (unpaired) electrons. The number of anilines is 1. The molecule has 4 nitrogen and oxygen atoms in total. The van der Waals surface area contributed by atoms with Crippen molar-refractivity contribution in [3.8, 4) is 0 Å². The van der Waals surface area contributed by atoms with Gasteiger partial charge in [-0.05, 0) is 26.0 Å². The van der Waals surface area contributed by atoms with Gasteiger partial charge in [-0.15, -0.1) is 0 Å². The van der Waals surface area contributed by atoms with E-state index in [4.69, 9.17) is 0 Å². The molecule has 0 saturated carbocycles. The van der Waals surface area contributed by atoms with E-state index >= 15 is 0 Å². The molecule has 1 rings (SSSR count). The minimum absolute atomic E-state index is 0.356. The first-order chi connectivity index (χ1) is 6.43. The molecule has 0 unspecified atom stereocenters. The van der Waals surface area contributed by atoms with Crippen LogP contribution in [0.4, 0.5) is 5.69 Å². The van der Waals surface area contributed by atoms with E-state index in [1.54, 1.807) is 31.6 Å². The third-order valence-electron chi connectivity index (χ3n) is 1.86. The summed E-state index contributed by atoms with van der Waals surface area (Å²) in [6.07, 6.45) is 3.20. The second-order valence-electron chi connectivity index (χ2n) is 3.63. The van der Waals surface area contributed by atoms with E-state index in [2.05, 4.69) is 4.98 Å². The second-order valence-corrected chi connectivity index (χ2v) is 3.63. The molecular weight excluding hydrogens is 180 g/mol. The van der Waals surface area contributed by atoms with Crippen LogP contribution < -0.4 is 4.90 Å². The van der Waals surface area contributed by atoms with Gasteiger partial charge in [0, 0.05) is 13.2 Å². The highest BCUT2D eigenvalue weighted by molar-refractivity contribution is 5.98. The van der Waals surface area contributed by atoms with Gasteiger partial charge in [-0.1, -0.05) is 0 Å². The number of aliphatic hydroxyl groups is 1. The Kier molecular flexibility index (Phi) is 2.86. The van der Waals surface area contributed by atoms with Gasteiger partial charge in [0.1, 0.15) is 5.60 Å². The number of hydrogen-bond acceptors (Lipinski definition) is 3. The highest BCUT2D eigenvalue weighted by Gasteiger charge is 2.27. The van der Waals surface area contributed by atoms with Crippen molar-refractivity contribution in [1.82, 2.24) is 4.98 Å². The van der Waals surface area contributed by atoms with Gasteiger partial charge in [0.25, 0.3) is 5.91 Å². The molecule has 0 spiro atoms. The molecule has 0 aromatic carbocycles. The fourth-order valence-corrected chi connectivity index (χ4v) is 1.08. The molecule has 1 N–H and O–H groups in total. The Hall–Kier alpha value is -1.42. The Morgan fingerprint density at radius 3 is 2.64 bits per heavy atom. The lowest BCUT2D eigenvalue weighted by Crippen LogP contribution is -2.43. The Morgan fingerprint density at radius 1 is 1.57 bits per heavy atom. The van der Waals surface area contributed by atoms with Crippen LogP contribution in [0, 0.1) is 0 Å². The van der Waals surface area contributed by atoms with Crippen molar-refractivity contribution in [2.75, 3.05) is 11.9 Å². The summed E-state index contributed by atoms with van der Waals surface area (Å²) in [5.74, 6) is -0.356. The average Bonchev–Trinajstić information content (AvgIpc) is 2.15. The quantitative estimate of drug-likeness (QED) is 0.758. The fraction of sp³-hybridized carbons (Fsp3) is 0.400. The summed E-state index contributed by atoms with van der Waals surface area (Å²) in [5.41, 5.74) is -0.690. The van der Waals surface area contributed by atoms with Gasteiger partial charge in [0.15, 0.2) is 0 Å². The van der Waals surface area contributed by atoms with Gasteiger partial charge in [-0.3, -0.25) is 9.78 Å². The van der Waals surface area contributed by atoms with Gasteiger partial charge in [-0.2, -0.15) is 0 Å². The third-order valence-corrected chi connectivity index (χ3v) is 1.86. The Balaban J connectivity index is 2.87. The highest BCUT2D eigenvalue weighted by Crippen LogP contribution is 2.14. The summed E-state index contributed by atoms with van der Waals surface area (Å²) in [6, 6.07) is 3.50. The van der Waals surface area contributed by atoms with Crippen LogP contribution in [0.25, 0.3) is 0 Å². The first kappa shape index (κ1) is 10.7. The average molecular weight is 194 g/mol. The number of hydrogen-bond donors (Lipinski definition) is 1. The van der Waals surface area contributed by atoms with Gasteiger partial charge in [0.05, 0.1) is 11.9 Å². The van der Waals surface area contributed by atoms with Crippen LogP contribution >= 0.6 is 0 Å². The lowest BCUT2D eigenvalue weighted by Gasteiger charge is -2.24. The molecule has 0 bridgehead atoms. The first-order valence-corrected chi connectivity index (χ1v) is 4.33. The van der Waals surface area contributed by atoms with E-state index in [-0.39, 0.29) is 5.91 Å². The number of nitrogens with zero attached hydrogens (tertiary/aromatic N) is 2. The molecule has 0 aliphatic heterocycles. The molecule has 76 valence electrons. The van der Waals surface area contributed by atoms with Crippen LogP contribution in [0.2, 0.25) is 0 Å². The maximum absolute atomic E-state index is 11.6. The molecular formula is C10H14N2O2. The Labute approximate surface area is 83.2 Å². The highest BCUT2D eigenvalue weighted by atomic mass is 16.3. The monoisotopic (exact) mass is 194 g/mol. The minimum Gasteiger partial charge on any atom is -0.381 e. The van der Waals surface area contributed by atoms with Crippen LogP contribution in [0.3, 0.4) is 0 Å². The minimum atomic E-state index is -1.36. The topological polar surface area (TPSA) is 53.4 Å². The third kappa shape index (κ3) is 2.29. The van der Waals surface area contributed by atoms with Crippen molar-refractivity contribution in [1.29, 1.82) is 0 Å². The summed E-state index contributed by atoms with van der Waals surface area (Å²) in [4.78, 5) is 16.9. The van der Waals surface area contributed by atoms with Crippen molar-refractivity contribution in [2.45, 2.75) is 19.4 Å². The summed E-state index contributed by atoms with van der Waals surface area (Å²) in [7, 11) is 1.61. The fourth-order valence-electron chi connectivity index (χ4n) is 1.08. The van der Waals surface area contributed by atoms with E-state index in [1.165, 1.54) is 18.7 Å². The maximum atomic E-state index is 11.6. The largest absolute Gasteiger partial charge is 0.381 e. The van der Waals surface area contributed by atoms with Crippen LogP contribution in [0.5, 0.6) is 0 Å². The smallest absolute Gasteiger partial charge is 0.258 e. The Bertz CT molecular complexity index is 317. The molecule has 0 aliphatic carbocycles. The zero-order valence-corrected chi connectivity index (χ0v) is 8.56. The summed E-state index contributed by atoms with van der Waals surface area (Å²) < 4.78 is 0. The van der Waals surface area contributed by atoms with Gasteiger partial charge in [-0.25, -0.2) is 0 Å². The second kappa shape index (κ2) is 3.75. The number of carbonyl (C=O) groups is 1. The summed E-state index contributed by atoms with van der Waals surface area (Å²) in [6.45, 7) is 2.92. The molecule has 0 fully saturated rings. The molecule has 14 heavy (non-hydrogen) atoms. The van der Waals surface area contributed by atoms with E-state index in [1.807, 2.05) is 0 Å². The lowest BCUT2D eigenvalue weighted by molar-refractivity contribution is -0.133. The van der Waals surface area contributed by atoms with Gasteiger partial charge >= 0.3 is 0 Å². The first-order valence-electron chi connectivity index (χ1n) is 4.33. The number of amides is 1. The number of aromatic nitrogens is 1. The van der Waals surface area contributed by atoms with Crippen molar-refractivity contribution in [2.24, 2.45) is 0 Å². The predicted molar refractivity (Wildman–Crippen MR) is 53.9 cm³/mol. The SMILES string of the molecule is CN(C(=O)C(C)(C)O)c1cccnc1. The number of rotatable bonds is 2. The predicted octanol–water partition coefficient (Wildman–Crippen LogP) is 0.815.